The van der Waals surface area contributed by atoms with Gasteiger partial charge in [0.05, 0.1) is 17.2 Å². The summed E-state index contributed by atoms with van der Waals surface area (Å²) in [4.78, 5) is 17.2. The van der Waals surface area contributed by atoms with E-state index in [2.05, 4.69) is 65.5 Å². The summed E-state index contributed by atoms with van der Waals surface area (Å²) in [6, 6.07) is 12.4. The number of hydrogen-bond donors (Lipinski definition) is 3. The number of rotatable bonds is 5. The SMILES string of the molecule is c1cc(-c2ccsc2)c2[nH]c(-c3n[nH]c4ccc(-c5cncc(OC6CCNCC6)c5)cc34)nc2n1. The van der Waals surface area contributed by atoms with Gasteiger partial charge < -0.3 is 15.0 Å². The Balaban J connectivity index is 1.26. The van der Waals surface area contributed by atoms with Crippen LogP contribution in [0.4, 0.5) is 0 Å². The molecule has 0 radical (unpaired) electrons. The molecule has 0 unspecified atom stereocenters. The molecule has 3 N–H and O–H groups in total. The average molecular weight is 494 g/mol. The molecule has 1 aliphatic rings. The Kier molecular flexibility index (Phi) is 5.22. The highest BCUT2D eigenvalue weighted by molar-refractivity contribution is 7.08. The van der Waals surface area contributed by atoms with E-state index in [1.54, 1.807) is 23.7 Å². The highest BCUT2D eigenvalue weighted by Crippen LogP contribution is 2.33. The summed E-state index contributed by atoms with van der Waals surface area (Å²) < 4.78 is 6.22. The van der Waals surface area contributed by atoms with Gasteiger partial charge in [0, 0.05) is 28.9 Å². The third kappa shape index (κ3) is 3.82. The van der Waals surface area contributed by atoms with Crippen LogP contribution < -0.4 is 10.1 Å². The second-order valence-corrected chi connectivity index (χ2v) is 9.74. The number of piperidine rings is 1. The van der Waals surface area contributed by atoms with Gasteiger partial charge in [-0.1, -0.05) is 6.07 Å². The van der Waals surface area contributed by atoms with Crippen molar-refractivity contribution in [3.63, 3.8) is 0 Å². The molecule has 1 aliphatic heterocycles. The largest absolute Gasteiger partial charge is 0.489 e. The Labute approximate surface area is 210 Å². The smallest absolute Gasteiger partial charge is 0.178 e. The van der Waals surface area contributed by atoms with Gasteiger partial charge in [-0.25, -0.2) is 9.97 Å². The van der Waals surface area contributed by atoms with E-state index in [1.807, 2.05) is 18.3 Å². The molecule has 1 fully saturated rings. The highest BCUT2D eigenvalue weighted by Gasteiger charge is 2.18. The van der Waals surface area contributed by atoms with Crippen molar-refractivity contribution in [2.75, 3.05) is 13.1 Å². The first kappa shape index (κ1) is 21.2. The lowest BCUT2D eigenvalue weighted by atomic mass is 10.0. The van der Waals surface area contributed by atoms with Crippen molar-refractivity contribution >= 4 is 33.4 Å². The zero-order chi connectivity index (χ0) is 23.9. The van der Waals surface area contributed by atoms with Crippen molar-refractivity contribution in [3.05, 3.63) is 65.7 Å². The van der Waals surface area contributed by atoms with E-state index >= 15 is 0 Å². The number of nitrogens with zero attached hydrogens (tertiary/aromatic N) is 4. The Morgan fingerprint density at radius 2 is 1.92 bits per heavy atom. The van der Waals surface area contributed by atoms with Gasteiger partial charge in [-0.2, -0.15) is 16.4 Å². The Bertz CT molecular complexity index is 1660. The maximum absolute atomic E-state index is 6.22. The van der Waals surface area contributed by atoms with Crippen LogP contribution in [0.25, 0.3) is 55.8 Å². The van der Waals surface area contributed by atoms with Gasteiger partial charge in [0.2, 0.25) is 0 Å². The van der Waals surface area contributed by atoms with E-state index in [-0.39, 0.29) is 6.10 Å². The van der Waals surface area contributed by atoms with Crippen molar-refractivity contribution in [3.8, 4) is 39.5 Å². The molecule has 0 aliphatic carbocycles. The molecule has 0 spiro atoms. The summed E-state index contributed by atoms with van der Waals surface area (Å²) in [6.07, 6.45) is 7.71. The maximum atomic E-state index is 6.22. The number of pyridine rings is 2. The molecule has 6 aromatic rings. The van der Waals surface area contributed by atoms with Crippen LogP contribution in [0.2, 0.25) is 0 Å². The van der Waals surface area contributed by atoms with Gasteiger partial charge in [0.1, 0.15) is 17.5 Å². The lowest BCUT2D eigenvalue weighted by Crippen LogP contribution is -2.34. The number of nitrogens with one attached hydrogen (secondary N) is 3. The lowest BCUT2D eigenvalue weighted by molar-refractivity contribution is 0.162. The minimum absolute atomic E-state index is 0.229. The molecule has 7 rings (SSSR count). The fraction of sp³-hybridized carbons (Fsp3) is 0.185. The number of aromatic amines is 2. The summed E-state index contributed by atoms with van der Waals surface area (Å²) in [7, 11) is 0. The Hall–Kier alpha value is -4.08. The van der Waals surface area contributed by atoms with Gasteiger partial charge in [-0.3, -0.25) is 10.1 Å². The van der Waals surface area contributed by atoms with Crippen LogP contribution in [0.5, 0.6) is 5.75 Å². The monoisotopic (exact) mass is 493 g/mol. The average Bonchev–Trinajstić information content (AvgIpc) is 3.68. The second-order valence-electron chi connectivity index (χ2n) is 8.96. The molecule has 6 heterocycles. The van der Waals surface area contributed by atoms with Crippen LogP contribution in [-0.4, -0.2) is 49.3 Å². The van der Waals surface area contributed by atoms with Crippen LogP contribution in [0.15, 0.2) is 65.7 Å². The molecular formula is C27H23N7OS. The Morgan fingerprint density at radius 3 is 2.81 bits per heavy atom. The van der Waals surface area contributed by atoms with Gasteiger partial charge in [0.15, 0.2) is 11.5 Å². The molecular weight excluding hydrogens is 470 g/mol. The number of benzene rings is 1. The van der Waals surface area contributed by atoms with Crippen molar-refractivity contribution in [2.24, 2.45) is 0 Å². The fourth-order valence-corrected chi connectivity index (χ4v) is 5.46. The number of ether oxygens (including phenoxy) is 1. The van der Waals surface area contributed by atoms with E-state index in [1.165, 1.54) is 0 Å². The summed E-state index contributed by atoms with van der Waals surface area (Å²) in [5, 5.41) is 16.3. The van der Waals surface area contributed by atoms with Crippen LogP contribution >= 0.6 is 11.3 Å². The molecule has 36 heavy (non-hydrogen) atoms. The predicted molar refractivity (Wildman–Crippen MR) is 142 cm³/mol. The summed E-state index contributed by atoms with van der Waals surface area (Å²) in [5.41, 5.74) is 7.56. The van der Waals surface area contributed by atoms with Crippen molar-refractivity contribution in [1.29, 1.82) is 0 Å². The fourth-order valence-electron chi connectivity index (χ4n) is 4.80. The predicted octanol–water partition coefficient (Wildman–Crippen LogP) is 5.42. The van der Waals surface area contributed by atoms with Crippen LogP contribution in [0.3, 0.4) is 0 Å². The molecule has 5 aromatic heterocycles. The van der Waals surface area contributed by atoms with E-state index in [9.17, 15) is 0 Å². The third-order valence-corrected chi connectivity index (χ3v) is 7.33. The zero-order valence-electron chi connectivity index (χ0n) is 19.4. The number of H-pyrrole nitrogens is 2. The van der Waals surface area contributed by atoms with Crippen molar-refractivity contribution < 1.29 is 4.74 Å². The number of hydrogen-bond acceptors (Lipinski definition) is 7. The zero-order valence-corrected chi connectivity index (χ0v) is 20.2. The topological polar surface area (TPSA) is 104 Å². The van der Waals surface area contributed by atoms with Gasteiger partial charge in [0.25, 0.3) is 0 Å². The molecule has 8 nitrogen and oxygen atoms in total. The van der Waals surface area contributed by atoms with Crippen LogP contribution in [0, 0.1) is 0 Å². The minimum Gasteiger partial charge on any atom is -0.489 e. The van der Waals surface area contributed by atoms with Gasteiger partial charge in [-0.15, -0.1) is 0 Å². The molecule has 0 saturated carbocycles. The molecule has 9 heteroatoms. The van der Waals surface area contributed by atoms with E-state index in [0.717, 1.165) is 76.0 Å². The van der Waals surface area contributed by atoms with Crippen molar-refractivity contribution in [2.45, 2.75) is 18.9 Å². The third-order valence-electron chi connectivity index (χ3n) is 6.65. The number of thiophene rings is 1. The molecule has 1 aromatic carbocycles. The first-order chi connectivity index (χ1) is 17.8. The molecule has 0 bridgehead atoms. The van der Waals surface area contributed by atoms with E-state index in [0.29, 0.717) is 11.5 Å². The molecule has 178 valence electrons. The first-order valence-electron chi connectivity index (χ1n) is 12.0. The van der Waals surface area contributed by atoms with Crippen LogP contribution in [0.1, 0.15) is 12.8 Å². The van der Waals surface area contributed by atoms with E-state index in [4.69, 9.17) is 9.72 Å². The highest BCUT2D eigenvalue weighted by atomic mass is 32.1. The summed E-state index contributed by atoms with van der Waals surface area (Å²) >= 11 is 1.67. The summed E-state index contributed by atoms with van der Waals surface area (Å²) in [5.74, 6) is 1.49. The Morgan fingerprint density at radius 1 is 0.972 bits per heavy atom. The van der Waals surface area contributed by atoms with Gasteiger partial charge in [-0.05, 0) is 78.2 Å². The standard InChI is InChI=1S/C27H23N7OS/c1-2-23-22(12-16(1)18-11-20(14-29-13-18)35-19-3-7-28-8-4-19)25(34-33-23)27-31-24-21(17-6-10-36-15-17)5-9-30-26(24)32-27/h1-2,5-6,9-15,19,28H,3-4,7-8H2,(H,33,34)(H,30,31,32). The van der Waals surface area contributed by atoms with Crippen molar-refractivity contribution in [1.82, 2.24) is 35.5 Å². The number of imidazole rings is 1. The number of aromatic nitrogens is 6. The number of fused-ring (bicyclic) bond motifs is 2. The molecule has 1 saturated heterocycles. The quantitative estimate of drug-likeness (QED) is 0.296. The van der Waals surface area contributed by atoms with E-state index < -0.39 is 0 Å². The lowest BCUT2D eigenvalue weighted by Gasteiger charge is -2.23. The minimum atomic E-state index is 0.229. The molecule has 0 atom stereocenters. The second kappa shape index (κ2) is 8.85. The normalized spacial score (nSPS) is 14.6. The van der Waals surface area contributed by atoms with Crippen LogP contribution in [-0.2, 0) is 0 Å². The van der Waals surface area contributed by atoms with Gasteiger partial charge >= 0.3 is 0 Å². The summed E-state index contributed by atoms with van der Waals surface area (Å²) in [6.45, 7) is 1.98. The first-order valence-corrected chi connectivity index (χ1v) is 12.9. The maximum Gasteiger partial charge on any atom is 0.178 e. The molecule has 0 amide bonds.